The molecule has 0 aliphatic heterocycles. The van der Waals surface area contributed by atoms with Gasteiger partial charge in [0.15, 0.2) is 0 Å². The molecule has 2 rings (SSSR count). The van der Waals surface area contributed by atoms with E-state index in [9.17, 15) is 4.79 Å². The molecule has 1 aromatic carbocycles. The SMILES string of the molecule is Cc1[nH]nc2cc(C(=O)O)c(Br)cc12. The van der Waals surface area contributed by atoms with Gasteiger partial charge >= 0.3 is 5.97 Å². The number of hydrogen-bond donors (Lipinski definition) is 2. The lowest BCUT2D eigenvalue weighted by atomic mass is 10.1. The first-order valence-corrected chi connectivity index (χ1v) is 4.76. The second-order valence-electron chi connectivity index (χ2n) is 3.00. The largest absolute Gasteiger partial charge is 0.478 e. The van der Waals surface area contributed by atoms with Crippen molar-refractivity contribution >= 4 is 32.8 Å². The molecule has 0 bridgehead atoms. The molecular formula is C9H7BrN2O2. The molecule has 5 heteroatoms. The molecule has 0 fully saturated rings. The van der Waals surface area contributed by atoms with Crippen molar-refractivity contribution in [2.45, 2.75) is 6.92 Å². The summed E-state index contributed by atoms with van der Waals surface area (Å²) in [6.07, 6.45) is 0. The Morgan fingerprint density at radius 3 is 2.93 bits per heavy atom. The number of H-pyrrole nitrogens is 1. The lowest BCUT2D eigenvalue weighted by Crippen LogP contribution is -1.97. The van der Waals surface area contributed by atoms with E-state index in [1.807, 2.05) is 6.92 Å². The Hall–Kier alpha value is -1.36. The van der Waals surface area contributed by atoms with Crippen molar-refractivity contribution in [1.29, 1.82) is 0 Å². The van der Waals surface area contributed by atoms with Crippen LogP contribution in [0, 0.1) is 6.92 Å². The van der Waals surface area contributed by atoms with Crippen LogP contribution in [-0.2, 0) is 0 Å². The predicted molar refractivity (Wildman–Crippen MR) is 55.5 cm³/mol. The number of aryl methyl sites for hydroxylation is 1. The van der Waals surface area contributed by atoms with Crippen LogP contribution in [0.5, 0.6) is 0 Å². The molecule has 0 atom stereocenters. The summed E-state index contributed by atoms with van der Waals surface area (Å²) in [5.41, 5.74) is 1.82. The van der Waals surface area contributed by atoms with Crippen molar-refractivity contribution in [2.24, 2.45) is 0 Å². The number of aromatic carboxylic acids is 1. The fourth-order valence-corrected chi connectivity index (χ4v) is 1.84. The van der Waals surface area contributed by atoms with E-state index in [-0.39, 0.29) is 5.56 Å². The van der Waals surface area contributed by atoms with E-state index in [1.54, 1.807) is 12.1 Å². The highest BCUT2D eigenvalue weighted by atomic mass is 79.9. The molecule has 1 heterocycles. The molecule has 0 unspecified atom stereocenters. The Morgan fingerprint density at radius 1 is 1.57 bits per heavy atom. The number of benzene rings is 1. The first kappa shape index (κ1) is 9.21. The molecule has 0 saturated carbocycles. The quantitative estimate of drug-likeness (QED) is 0.821. The first-order valence-electron chi connectivity index (χ1n) is 3.97. The van der Waals surface area contributed by atoms with Crippen LogP contribution in [0.15, 0.2) is 16.6 Å². The number of aromatic nitrogens is 2. The lowest BCUT2D eigenvalue weighted by Gasteiger charge is -1.98. The van der Waals surface area contributed by atoms with Gasteiger partial charge in [0.1, 0.15) is 0 Å². The Morgan fingerprint density at radius 2 is 2.29 bits per heavy atom. The van der Waals surface area contributed by atoms with Crippen LogP contribution in [0.2, 0.25) is 0 Å². The summed E-state index contributed by atoms with van der Waals surface area (Å²) in [7, 11) is 0. The molecule has 0 spiro atoms. The number of hydrogen-bond acceptors (Lipinski definition) is 2. The number of nitrogens with zero attached hydrogens (tertiary/aromatic N) is 1. The molecule has 0 aliphatic rings. The molecule has 2 aromatic rings. The summed E-state index contributed by atoms with van der Waals surface area (Å²) in [5.74, 6) is -0.959. The van der Waals surface area contributed by atoms with Crippen molar-refractivity contribution in [2.75, 3.05) is 0 Å². The normalized spacial score (nSPS) is 10.7. The minimum absolute atomic E-state index is 0.226. The fourth-order valence-electron chi connectivity index (χ4n) is 1.32. The molecule has 0 amide bonds. The maximum absolute atomic E-state index is 10.8. The van der Waals surface area contributed by atoms with E-state index in [2.05, 4.69) is 26.1 Å². The third-order valence-corrected chi connectivity index (χ3v) is 2.72. The van der Waals surface area contributed by atoms with Gasteiger partial charge in [-0.25, -0.2) is 4.79 Å². The molecule has 2 N–H and O–H groups in total. The maximum atomic E-state index is 10.8. The number of carboxylic acid groups (broad SMARTS) is 1. The summed E-state index contributed by atoms with van der Waals surface area (Å²) in [5, 5.41) is 16.6. The standard InChI is InChI=1S/C9H7BrN2O2/c1-4-5-2-7(10)6(9(13)14)3-8(5)12-11-4/h2-3H,1H3,(H,11,12)(H,13,14). The van der Waals surface area contributed by atoms with Crippen molar-refractivity contribution in [3.05, 3.63) is 27.9 Å². The van der Waals surface area contributed by atoms with Crippen LogP contribution in [0.3, 0.4) is 0 Å². The topological polar surface area (TPSA) is 66.0 Å². The highest BCUT2D eigenvalue weighted by Gasteiger charge is 2.11. The Kier molecular flexibility index (Phi) is 2.03. The van der Waals surface area contributed by atoms with E-state index in [0.29, 0.717) is 9.99 Å². The van der Waals surface area contributed by atoms with Crippen LogP contribution in [-0.4, -0.2) is 21.3 Å². The first-order chi connectivity index (χ1) is 6.59. The Labute approximate surface area is 88.1 Å². The van der Waals surface area contributed by atoms with Crippen LogP contribution >= 0.6 is 15.9 Å². The van der Waals surface area contributed by atoms with Crippen LogP contribution in [0.25, 0.3) is 10.9 Å². The molecule has 4 nitrogen and oxygen atoms in total. The molecular weight excluding hydrogens is 248 g/mol. The van der Waals surface area contributed by atoms with E-state index in [4.69, 9.17) is 5.11 Å². The molecule has 1 aromatic heterocycles. The number of halogens is 1. The van der Waals surface area contributed by atoms with Gasteiger partial charge in [-0.2, -0.15) is 5.10 Å². The Bertz CT molecular complexity index is 519. The minimum Gasteiger partial charge on any atom is -0.478 e. The van der Waals surface area contributed by atoms with E-state index in [1.165, 1.54) is 0 Å². The third kappa shape index (κ3) is 1.29. The average molecular weight is 255 g/mol. The van der Waals surface area contributed by atoms with Gasteiger partial charge in [-0.15, -0.1) is 0 Å². The van der Waals surface area contributed by atoms with Gasteiger partial charge in [0.05, 0.1) is 11.1 Å². The number of rotatable bonds is 1. The number of carbonyl (C=O) groups is 1. The monoisotopic (exact) mass is 254 g/mol. The fraction of sp³-hybridized carbons (Fsp3) is 0.111. The predicted octanol–water partition coefficient (Wildman–Crippen LogP) is 2.33. The lowest BCUT2D eigenvalue weighted by molar-refractivity contribution is 0.0696. The second kappa shape index (κ2) is 3.09. The van der Waals surface area contributed by atoms with Gasteiger partial charge in [-0.1, -0.05) is 0 Å². The zero-order valence-corrected chi connectivity index (χ0v) is 8.92. The van der Waals surface area contributed by atoms with E-state index in [0.717, 1.165) is 11.1 Å². The summed E-state index contributed by atoms with van der Waals surface area (Å²) >= 11 is 3.21. The summed E-state index contributed by atoms with van der Waals surface area (Å²) in [6, 6.07) is 3.31. The van der Waals surface area contributed by atoms with Gasteiger partial charge in [0, 0.05) is 15.6 Å². The number of carboxylic acids is 1. The molecule has 0 aliphatic carbocycles. The smallest absolute Gasteiger partial charge is 0.336 e. The minimum atomic E-state index is -0.959. The van der Waals surface area contributed by atoms with Gasteiger partial charge in [-0.05, 0) is 35.0 Å². The molecule has 0 radical (unpaired) electrons. The zero-order chi connectivity index (χ0) is 10.3. The third-order valence-electron chi connectivity index (χ3n) is 2.06. The van der Waals surface area contributed by atoms with Crippen LogP contribution < -0.4 is 0 Å². The summed E-state index contributed by atoms with van der Waals surface area (Å²) < 4.78 is 0.571. The summed E-state index contributed by atoms with van der Waals surface area (Å²) in [4.78, 5) is 10.8. The van der Waals surface area contributed by atoms with Gasteiger partial charge < -0.3 is 5.11 Å². The highest BCUT2D eigenvalue weighted by molar-refractivity contribution is 9.10. The summed E-state index contributed by atoms with van der Waals surface area (Å²) in [6.45, 7) is 1.89. The maximum Gasteiger partial charge on any atom is 0.336 e. The van der Waals surface area contributed by atoms with Gasteiger partial charge in [0.25, 0.3) is 0 Å². The number of fused-ring (bicyclic) bond motifs is 1. The van der Waals surface area contributed by atoms with Crippen LogP contribution in [0.4, 0.5) is 0 Å². The zero-order valence-electron chi connectivity index (χ0n) is 7.34. The van der Waals surface area contributed by atoms with Gasteiger partial charge in [0.2, 0.25) is 0 Å². The Balaban J connectivity index is 2.79. The van der Waals surface area contributed by atoms with Crippen molar-refractivity contribution in [1.82, 2.24) is 10.2 Å². The molecule has 0 saturated heterocycles. The van der Waals surface area contributed by atoms with Gasteiger partial charge in [-0.3, -0.25) is 5.10 Å². The number of aromatic amines is 1. The molecule has 14 heavy (non-hydrogen) atoms. The average Bonchev–Trinajstić information content (AvgIpc) is 2.46. The number of nitrogens with one attached hydrogen (secondary N) is 1. The van der Waals surface area contributed by atoms with Crippen LogP contribution in [0.1, 0.15) is 16.1 Å². The molecule has 72 valence electrons. The van der Waals surface area contributed by atoms with Crippen molar-refractivity contribution in [3.8, 4) is 0 Å². The van der Waals surface area contributed by atoms with E-state index >= 15 is 0 Å². The highest BCUT2D eigenvalue weighted by Crippen LogP contribution is 2.24. The van der Waals surface area contributed by atoms with E-state index < -0.39 is 5.97 Å². The van der Waals surface area contributed by atoms with Crippen molar-refractivity contribution in [3.63, 3.8) is 0 Å². The second-order valence-corrected chi connectivity index (χ2v) is 3.86. The van der Waals surface area contributed by atoms with Crippen molar-refractivity contribution < 1.29 is 9.90 Å².